The van der Waals surface area contributed by atoms with E-state index in [0.29, 0.717) is 0 Å². The Morgan fingerprint density at radius 3 is 1.43 bits per heavy atom. The fourth-order valence-corrected chi connectivity index (χ4v) is 0.248. The number of carboxylic acids is 1. The summed E-state index contributed by atoms with van der Waals surface area (Å²) in [5.74, 6) is -1.84. The first-order chi connectivity index (χ1) is 5.77. The van der Waals surface area contributed by atoms with E-state index in [2.05, 4.69) is 0 Å². The van der Waals surface area contributed by atoms with Gasteiger partial charge in [0.05, 0.1) is 5.97 Å². The first kappa shape index (κ1) is 19.2. The molecule has 3 N–H and O–H groups in total. The summed E-state index contributed by atoms with van der Waals surface area (Å²) in [5.41, 5.74) is 4.77. The van der Waals surface area contributed by atoms with Gasteiger partial charge in [-0.05, 0) is 6.92 Å². The topological polar surface area (TPSA) is 112 Å². The van der Waals surface area contributed by atoms with Crippen molar-refractivity contribution in [2.45, 2.75) is 26.8 Å². The zero-order valence-corrected chi connectivity index (χ0v) is 10.8. The maximum absolute atomic E-state index is 9.92. The van der Waals surface area contributed by atoms with Crippen LogP contribution in [0.1, 0.15) is 20.8 Å². The van der Waals surface area contributed by atoms with Crippen LogP contribution in [0, 0.1) is 0 Å². The van der Waals surface area contributed by atoms with E-state index in [0.717, 1.165) is 0 Å². The number of amides is 2. The molecule has 0 saturated heterocycles. The summed E-state index contributed by atoms with van der Waals surface area (Å²) < 4.78 is 0. The van der Waals surface area contributed by atoms with E-state index in [9.17, 15) is 19.5 Å². The Labute approximate surface area is 105 Å². The van der Waals surface area contributed by atoms with E-state index in [1.807, 2.05) is 5.32 Å². The van der Waals surface area contributed by atoms with E-state index in [1.54, 1.807) is 0 Å². The van der Waals surface area contributed by atoms with Crippen LogP contribution in [0.25, 0.3) is 0 Å². The van der Waals surface area contributed by atoms with Crippen LogP contribution in [0.5, 0.6) is 0 Å². The van der Waals surface area contributed by atoms with Gasteiger partial charge in [-0.25, -0.2) is 0 Å². The molecular formula is C7H13N2NaO4. The summed E-state index contributed by atoms with van der Waals surface area (Å²) in [6.45, 7) is 3.94. The summed E-state index contributed by atoms with van der Waals surface area (Å²) in [6, 6.07) is -0.843. The molecule has 0 radical (unpaired) electrons. The SMILES string of the molecule is CC(=O)NC(C)=O.C[C@H](N)C(=O)[O-].[Na+]. The molecule has 0 unspecified atom stereocenters. The number of hydrogen-bond donors (Lipinski definition) is 2. The normalized spacial score (nSPS) is 9.71. The van der Waals surface area contributed by atoms with Crippen molar-refractivity contribution in [1.82, 2.24) is 5.32 Å². The minimum atomic E-state index is -1.21. The van der Waals surface area contributed by atoms with Crippen LogP contribution >= 0.6 is 0 Å². The first-order valence-corrected chi connectivity index (χ1v) is 3.52. The van der Waals surface area contributed by atoms with Gasteiger partial charge in [-0.2, -0.15) is 0 Å². The summed E-state index contributed by atoms with van der Waals surface area (Å²) in [4.78, 5) is 29.3. The Kier molecular flexibility index (Phi) is 14.6. The van der Waals surface area contributed by atoms with Gasteiger partial charge in [-0.1, -0.05) is 0 Å². The molecule has 0 aliphatic heterocycles. The van der Waals surface area contributed by atoms with Gasteiger partial charge in [0.2, 0.25) is 11.8 Å². The van der Waals surface area contributed by atoms with E-state index in [-0.39, 0.29) is 41.4 Å². The Balaban J connectivity index is -0.000000163. The third-order valence-corrected chi connectivity index (χ3v) is 0.724. The number of carboxylic acid groups (broad SMARTS) is 1. The van der Waals surface area contributed by atoms with Gasteiger partial charge in [-0.15, -0.1) is 0 Å². The molecule has 1 atom stereocenters. The number of rotatable bonds is 1. The molecule has 0 aliphatic rings. The smallest absolute Gasteiger partial charge is 0.548 e. The third-order valence-electron chi connectivity index (χ3n) is 0.724. The molecule has 6 nitrogen and oxygen atoms in total. The molecule has 14 heavy (non-hydrogen) atoms. The largest absolute Gasteiger partial charge is 1.00 e. The van der Waals surface area contributed by atoms with Gasteiger partial charge in [0, 0.05) is 19.9 Å². The molecule has 0 fully saturated rings. The second-order valence-corrected chi connectivity index (χ2v) is 2.35. The molecule has 0 rings (SSSR count). The summed E-state index contributed by atoms with van der Waals surface area (Å²) in [6.07, 6.45) is 0. The molecule has 76 valence electrons. The number of carbonyl (C=O) groups excluding carboxylic acids is 3. The van der Waals surface area contributed by atoms with Crippen molar-refractivity contribution >= 4 is 17.8 Å². The molecule has 0 aromatic heterocycles. The molecule has 0 bridgehead atoms. The minimum Gasteiger partial charge on any atom is -0.548 e. The molecule has 0 heterocycles. The van der Waals surface area contributed by atoms with E-state index < -0.39 is 12.0 Å². The van der Waals surface area contributed by atoms with Crippen molar-refractivity contribution in [2.75, 3.05) is 0 Å². The molecule has 0 aliphatic carbocycles. The second kappa shape index (κ2) is 10.6. The van der Waals surface area contributed by atoms with Gasteiger partial charge in [0.1, 0.15) is 0 Å². The fourth-order valence-electron chi connectivity index (χ4n) is 0.248. The van der Waals surface area contributed by atoms with Gasteiger partial charge >= 0.3 is 29.6 Å². The predicted octanol–water partition coefficient (Wildman–Crippen LogP) is -5.24. The number of hydrogen-bond acceptors (Lipinski definition) is 5. The number of nitrogens with one attached hydrogen (secondary N) is 1. The minimum absolute atomic E-state index is 0. The molecule has 7 heteroatoms. The van der Waals surface area contributed by atoms with E-state index in [1.165, 1.54) is 20.8 Å². The van der Waals surface area contributed by atoms with Crippen molar-refractivity contribution < 1.29 is 49.0 Å². The Morgan fingerprint density at radius 1 is 1.21 bits per heavy atom. The second-order valence-electron chi connectivity index (χ2n) is 2.35. The van der Waals surface area contributed by atoms with Gasteiger partial charge in [-0.3, -0.25) is 14.9 Å². The average molecular weight is 212 g/mol. The summed E-state index contributed by atoms with van der Waals surface area (Å²) in [5, 5.41) is 11.5. The third kappa shape index (κ3) is 22.6. The van der Waals surface area contributed by atoms with E-state index >= 15 is 0 Å². The summed E-state index contributed by atoms with van der Waals surface area (Å²) >= 11 is 0. The quantitative estimate of drug-likeness (QED) is 0.422. The summed E-state index contributed by atoms with van der Waals surface area (Å²) in [7, 11) is 0. The van der Waals surface area contributed by atoms with Crippen molar-refractivity contribution in [3.63, 3.8) is 0 Å². The monoisotopic (exact) mass is 212 g/mol. The molecule has 0 aromatic carbocycles. The Bertz CT molecular complexity index is 194. The maximum atomic E-state index is 9.92. The fraction of sp³-hybridized carbons (Fsp3) is 0.571. The zero-order chi connectivity index (χ0) is 11.0. The molecule has 0 spiro atoms. The molecular weight excluding hydrogens is 199 g/mol. The van der Waals surface area contributed by atoms with Crippen molar-refractivity contribution in [3.05, 3.63) is 0 Å². The van der Waals surface area contributed by atoms with Crippen molar-refractivity contribution in [1.29, 1.82) is 0 Å². The number of carbonyl (C=O) groups is 3. The predicted molar refractivity (Wildman–Crippen MR) is 43.2 cm³/mol. The van der Waals surface area contributed by atoms with E-state index in [4.69, 9.17) is 5.73 Å². The number of nitrogens with two attached hydrogens (primary N) is 1. The Morgan fingerprint density at radius 2 is 1.43 bits per heavy atom. The van der Waals surface area contributed by atoms with Crippen LogP contribution in [0.15, 0.2) is 0 Å². The number of aliphatic carboxylic acids is 1. The van der Waals surface area contributed by atoms with Gasteiger partial charge < -0.3 is 15.6 Å². The van der Waals surface area contributed by atoms with Crippen LogP contribution in [-0.4, -0.2) is 23.8 Å². The number of imide groups is 1. The van der Waals surface area contributed by atoms with Crippen LogP contribution in [-0.2, 0) is 14.4 Å². The zero-order valence-electron chi connectivity index (χ0n) is 8.79. The van der Waals surface area contributed by atoms with Crippen molar-refractivity contribution in [3.8, 4) is 0 Å². The van der Waals surface area contributed by atoms with Crippen LogP contribution in [0.4, 0.5) is 0 Å². The van der Waals surface area contributed by atoms with Gasteiger partial charge in [0.25, 0.3) is 0 Å². The van der Waals surface area contributed by atoms with Crippen LogP contribution in [0.2, 0.25) is 0 Å². The maximum Gasteiger partial charge on any atom is 1.00 e. The molecule has 0 aromatic rings. The van der Waals surface area contributed by atoms with Gasteiger partial charge in [0.15, 0.2) is 0 Å². The van der Waals surface area contributed by atoms with Crippen LogP contribution < -0.4 is 45.7 Å². The average Bonchev–Trinajstić information content (AvgIpc) is 1.84. The molecule has 2 amide bonds. The standard InChI is InChI=1S/C4H7NO2.C3H7NO2.Na/c1-3(6)5-4(2)7;1-2(4)3(5)6;/h1-2H3,(H,5,6,7);2H,4H2,1H3,(H,5,6);/q;;+1/p-1/t;2-;/m.0./s1. The van der Waals surface area contributed by atoms with Crippen molar-refractivity contribution in [2.24, 2.45) is 5.73 Å². The molecule has 0 saturated carbocycles. The Hall–Kier alpha value is -0.430. The first-order valence-electron chi connectivity index (χ1n) is 3.52. The van der Waals surface area contributed by atoms with Crippen LogP contribution in [0.3, 0.4) is 0 Å².